The van der Waals surface area contributed by atoms with Gasteiger partial charge in [0.1, 0.15) is 18.2 Å². The van der Waals surface area contributed by atoms with Crippen LogP contribution in [0.1, 0.15) is 28.4 Å². The molecule has 2 aromatic heterocycles. The molecule has 0 radical (unpaired) electrons. The molecule has 4 rings (SSSR count). The third kappa shape index (κ3) is 3.74. The Balaban J connectivity index is 1.40. The van der Waals surface area contributed by atoms with Gasteiger partial charge in [0.25, 0.3) is 5.91 Å². The number of cyclic esters (lactones) is 1. The van der Waals surface area contributed by atoms with Gasteiger partial charge in [-0.25, -0.2) is 14.8 Å². The van der Waals surface area contributed by atoms with E-state index in [1.807, 2.05) is 24.9 Å². The molecule has 8 nitrogen and oxygen atoms in total. The Morgan fingerprint density at radius 1 is 1.10 bits per heavy atom. The van der Waals surface area contributed by atoms with Crippen LogP contribution in [0.25, 0.3) is 0 Å². The first-order valence-electron chi connectivity index (χ1n) is 9.83. The highest BCUT2D eigenvalue weighted by Gasteiger charge is 2.32. The fourth-order valence-corrected chi connectivity index (χ4v) is 3.83. The van der Waals surface area contributed by atoms with E-state index in [4.69, 9.17) is 4.74 Å². The van der Waals surface area contributed by atoms with E-state index < -0.39 is 6.09 Å². The zero-order valence-corrected chi connectivity index (χ0v) is 17.0. The van der Waals surface area contributed by atoms with E-state index in [-0.39, 0.29) is 11.9 Å². The third-order valence-electron chi connectivity index (χ3n) is 5.38. The molecule has 0 aliphatic carbocycles. The van der Waals surface area contributed by atoms with Crippen LogP contribution in [0.2, 0.25) is 0 Å². The van der Waals surface area contributed by atoms with Crippen LogP contribution in [0.5, 0.6) is 0 Å². The first-order valence-corrected chi connectivity index (χ1v) is 9.83. The first kappa shape index (κ1) is 19.2. The van der Waals surface area contributed by atoms with Gasteiger partial charge in [-0.2, -0.15) is 0 Å². The predicted octanol–water partition coefficient (Wildman–Crippen LogP) is 2.40. The average molecular weight is 395 g/mol. The largest absolute Gasteiger partial charge is 0.447 e. The van der Waals surface area contributed by atoms with Crippen LogP contribution in [-0.2, 0) is 4.74 Å². The molecule has 2 saturated heterocycles. The molecule has 4 heterocycles. The highest BCUT2D eigenvalue weighted by Crippen LogP contribution is 2.22. The third-order valence-corrected chi connectivity index (χ3v) is 5.38. The van der Waals surface area contributed by atoms with E-state index in [9.17, 15) is 9.59 Å². The molecule has 2 aliphatic rings. The molecule has 2 aliphatic heterocycles. The first-order chi connectivity index (χ1) is 13.9. The number of ether oxygens (including phenoxy) is 1. The van der Waals surface area contributed by atoms with E-state index in [1.165, 1.54) is 11.1 Å². The lowest BCUT2D eigenvalue weighted by Crippen LogP contribution is -2.49. The summed E-state index contributed by atoms with van der Waals surface area (Å²) < 4.78 is 5.03. The highest BCUT2D eigenvalue weighted by molar-refractivity contribution is 5.95. The fourth-order valence-electron chi connectivity index (χ4n) is 3.83. The Labute approximate surface area is 170 Å². The number of amides is 2. The molecule has 8 heteroatoms. The summed E-state index contributed by atoms with van der Waals surface area (Å²) in [6.45, 7) is 9.09. The van der Waals surface area contributed by atoms with Crippen molar-refractivity contribution in [2.24, 2.45) is 0 Å². The Morgan fingerprint density at radius 3 is 2.45 bits per heavy atom. The maximum Gasteiger partial charge on any atom is 0.415 e. The van der Waals surface area contributed by atoms with Gasteiger partial charge in [-0.1, -0.05) is 6.07 Å². The van der Waals surface area contributed by atoms with E-state index in [1.54, 1.807) is 12.1 Å². The maximum absolute atomic E-state index is 12.9. The fraction of sp³-hybridized carbons (Fsp3) is 0.429. The van der Waals surface area contributed by atoms with Gasteiger partial charge < -0.3 is 14.5 Å². The van der Waals surface area contributed by atoms with Crippen molar-refractivity contribution >= 4 is 23.6 Å². The number of hydrogen-bond acceptors (Lipinski definition) is 6. The van der Waals surface area contributed by atoms with Gasteiger partial charge >= 0.3 is 6.09 Å². The molecule has 0 aromatic carbocycles. The Kier molecular flexibility index (Phi) is 5.08. The van der Waals surface area contributed by atoms with Crippen molar-refractivity contribution < 1.29 is 14.3 Å². The average Bonchev–Trinajstić information content (AvgIpc) is 3.06. The highest BCUT2D eigenvalue weighted by atomic mass is 16.6. The minimum Gasteiger partial charge on any atom is -0.447 e. The molecular formula is C21H25N5O3. The maximum atomic E-state index is 12.9. The number of carbonyl (C=O) groups is 2. The summed E-state index contributed by atoms with van der Waals surface area (Å²) >= 11 is 0. The SMILES string of the molecule is Cc1cnc(N2CCN(C(=O)c3ccc(N4C(=O)OC[C@H]4C)nc3)CC2)c(C)c1. The molecule has 0 unspecified atom stereocenters. The van der Waals surface area contributed by atoms with Crippen LogP contribution in [0, 0.1) is 13.8 Å². The Bertz CT molecular complexity index is 922. The summed E-state index contributed by atoms with van der Waals surface area (Å²) in [6, 6.07) is 5.49. The van der Waals surface area contributed by atoms with Crippen LogP contribution < -0.4 is 9.80 Å². The van der Waals surface area contributed by atoms with Gasteiger partial charge in [-0.3, -0.25) is 9.69 Å². The van der Waals surface area contributed by atoms with E-state index in [0.717, 1.165) is 30.0 Å². The molecule has 0 spiro atoms. The zero-order valence-electron chi connectivity index (χ0n) is 17.0. The normalized spacial score (nSPS) is 19.5. The molecule has 1 atom stereocenters. The topological polar surface area (TPSA) is 78.9 Å². The van der Waals surface area contributed by atoms with E-state index in [2.05, 4.69) is 27.9 Å². The second kappa shape index (κ2) is 7.69. The van der Waals surface area contributed by atoms with Crippen molar-refractivity contribution in [1.29, 1.82) is 0 Å². The molecule has 0 saturated carbocycles. The van der Waals surface area contributed by atoms with Gasteiger partial charge in [0, 0.05) is 38.6 Å². The number of hydrogen-bond donors (Lipinski definition) is 0. The summed E-state index contributed by atoms with van der Waals surface area (Å²) in [5.41, 5.74) is 2.82. The number of anilines is 2. The molecule has 0 N–H and O–H groups in total. The summed E-state index contributed by atoms with van der Waals surface area (Å²) in [5.74, 6) is 1.44. The van der Waals surface area contributed by atoms with Crippen molar-refractivity contribution in [3.63, 3.8) is 0 Å². The predicted molar refractivity (Wildman–Crippen MR) is 109 cm³/mol. The number of carbonyl (C=O) groups excluding carboxylic acids is 2. The molecular weight excluding hydrogens is 370 g/mol. The Morgan fingerprint density at radius 2 is 1.86 bits per heavy atom. The van der Waals surface area contributed by atoms with Crippen molar-refractivity contribution in [2.45, 2.75) is 26.8 Å². The van der Waals surface area contributed by atoms with Crippen molar-refractivity contribution in [3.8, 4) is 0 Å². The standard InChI is InChI=1S/C21H25N5O3/c1-14-10-15(2)19(23-11-14)24-6-8-25(9-7-24)20(27)17-4-5-18(22-12-17)26-16(3)13-29-21(26)28/h4-5,10-12,16H,6-9,13H2,1-3H3/t16-/m1/s1. The number of rotatable bonds is 3. The monoisotopic (exact) mass is 395 g/mol. The summed E-state index contributed by atoms with van der Waals surface area (Å²) in [5, 5.41) is 0. The number of pyridine rings is 2. The molecule has 0 bridgehead atoms. The van der Waals surface area contributed by atoms with Crippen LogP contribution in [0.3, 0.4) is 0 Å². The van der Waals surface area contributed by atoms with E-state index >= 15 is 0 Å². The lowest BCUT2D eigenvalue weighted by molar-refractivity contribution is 0.0746. The van der Waals surface area contributed by atoms with Gasteiger partial charge in [0.2, 0.25) is 0 Å². The lowest BCUT2D eigenvalue weighted by Gasteiger charge is -2.36. The number of nitrogens with zero attached hydrogens (tertiary/aromatic N) is 5. The van der Waals surface area contributed by atoms with Crippen LogP contribution in [0.4, 0.5) is 16.4 Å². The second-order valence-corrected chi connectivity index (χ2v) is 7.63. The van der Waals surface area contributed by atoms with Gasteiger partial charge in [-0.15, -0.1) is 0 Å². The second-order valence-electron chi connectivity index (χ2n) is 7.63. The minimum atomic E-state index is -0.403. The van der Waals surface area contributed by atoms with Crippen molar-refractivity contribution in [1.82, 2.24) is 14.9 Å². The molecule has 2 aromatic rings. The quantitative estimate of drug-likeness (QED) is 0.794. The number of aromatic nitrogens is 2. The van der Waals surface area contributed by atoms with Crippen molar-refractivity contribution in [2.75, 3.05) is 42.6 Å². The summed E-state index contributed by atoms with van der Waals surface area (Å²) in [4.78, 5) is 39.1. The Hall–Kier alpha value is -3.16. The summed E-state index contributed by atoms with van der Waals surface area (Å²) in [6.07, 6.45) is 3.01. The molecule has 2 fully saturated rings. The van der Waals surface area contributed by atoms with Crippen LogP contribution >= 0.6 is 0 Å². The molecule has 29 heavy (non-hydrogen) atoms. The van der Waals surface area contributed by atoms with Crippen molar-refractivity contribution in [3.05, 3.63) is 47.3 Å². The number of aryl methyl sites for hydroxylation is 2. The zero-order chi connectivity index (χ0) is 20.5. The smallest absolute Gasteiger partial charge is 0.415 e. The van der Waals surface area contributed by atoms with Gasteiger partial charge in [0.05, 0.1) is 11.6 Å². The number of piperazine rings is 1. The van der Waals surface area contributed by atoms with Gasteiger partial charge in [-0.05, 0) is 44.0 Å². The lowest BCUT2D eigenvalue weighted by atomic mass is 10.2. The van der Waals surface area contributed by atoms with Crippen LogP contribution in [0.15, 0.2) is 30.6 Å². The molecule has 152 valence electrons. The van der Waals surface area contributed by atoms with Gasteiger partial charge in [0.15, 0.2) is 0 Å². The minimum absolute atomic E-state index is 0.0469. The molecule has 2 amide bonds. The van der Waals surface area contributed by atoms with E-state index in [0.29, 0.717) is 31.1 Å². The summed E-state index contributed by atoms with van der Waals surface area (Å²) in [7, 11) is 0. The van der Waals surface area contributed by atoms with Crippen LogP contribution in [-0.4, -0.2) is 65.7 Å².